The second-order valence-electron chi connectivity index (χ2n) is 0.667. The third-order valence-corrected chi connectivity index (χ3v) is 0. The molecule has 0 bridgehead atoms. The molecule has 6 heavy (non-hydrogen) atoms. The van der Waals surface area contributed by atoms with Gasteiger partial charge in [0.25, 0.3) is 0 Å². The summed E-state index contributed by atoms with van der Waals surface area (Å²) in [4.78, 5) is 1.50. The Morgan fingerprint density at radius 1 is 1.33 bits per heavy atom. The molecule has 0 fully saturated rings. The molecule has 0 radical (unpaired) electrons. The molecule has 0 aromatic carbocycles. The molecule has 0 aromatic rings. The van der Waals surface area contributed by atoms with Crippen molar-refractivity contribution in [3.05, 3.63) is 16.0 Å². The monoisotopic (exact) mass is 187 g/mol. The van der Waals surface area contributed by atoms with Crippen molar-refractivity contribution in [2.75, 3.05) is 0 Å². The first-order chi connectivity index (χ1) is 2.83. The van der Waals surface area contributed by atoms with Gasteiger partial charge in [0.05, 0.1) is 0 Å². The first kappa shape index (κ1) is 9.49. The molecule has 0 heterocycles. The van der Waals surface area contributed by atoms with Crippen molar-refractivity contribution < 1.29 is 0 Å². The first-order valence-corrected chi connectivity index (χ1v) is 8.15. The quantitative estimate of drug-likeness (QED) is 0.314. The van der Waals surface area contributed by atoms with Crippen LogP contribution in [0.3, 0.4) is 0 Å². The molecule has 0 N–H and O–H groups in total. The van der Waals surface area contributed by atoms with Crippen LogP contribution in [0.15, 0.2) is 0 Å². The van der Waals surface area contributed by atoms with Gasteiger partial charge in [-0.1, -0.05) is 0 Å². The average Bonchev–Trinajstić information content (AvgIpc) is 1.39. The van der Waals surface area contributed by atoms with E-state index in [9.17, 15) is 0 Å². The molecule has 0 aliphatic rings. The van der Waals surface area contributed by atoms with Gasteiger partial charge < -0.3 is 11.1 Å². The molecule has 32 valence electrons. The fourth-order valence-electron chi connectivity index (χ4n) is 0. The number of hydrogen-bond donors (Lipinski definition) is 0. The molecule has 0 saturated carbocycles. The standard InChI is InChI=1S/2CH3.In.N3/c;;;1-3-2/h2*1H3;;/q;;+1;-1. The average molecular weight is 187 g/mol. The van der Waals surface area contributed by atoms with Crippen molar-refractivity contribution in [1.82, 2.24) is 0 Å². The Morgan fingerprint density at radius 2 is 1.33 bits per heavy atom. The Kier molecular flexibility index (Phi) is 30.1. The Morgan fingerprint density at radius 3 is 1.33 bits per heavy atom. The van der Waals surface area contributed by atoms with E-state index in [1.165, 1.54) is 4.91 Å². The van der Waals surface area contributed by atoms with Crippen LogP contribution in [0.5, 0.6) is 0 Å². The zero-order chi connectivity index (χ0) is 5.41. The fraction of sp³-hybridized carbons (Fsp3) is 1.00. The third kappa shape index (κ3) is 1300. The van der Waals surface area contributed by atoms with Crippen molar-refractivity contribution in [1.29, 1.82) is 0 Å². The molecule has 0 atom stereocenters. The van der Waals surface area contributed by atoms with E-state index in [2.05, 4.69) is 9.36 Å². The van der Waals surface area contributed by atoms with E-state index in [-0.39, 0.29) is 22.9 Å². The van der Waals surface area contributed by atoms with Crippen molar-refractivity contribution >= 4 is 22.9 Å². The van der Waals surface area contributed by atoms with Gasteiger partial charge >= 0.3 is 32.3 Å². The van der Waals surface area contributed by atoms with Gasteiger partial charge in [-0.3, -0.25) is 4.91 Å². The summed E-state index contributed by atoms with van der Waals surface area (Å²) in [5.74, 6) is 0. The molecule has 0 aliphatic heterocycles. The van der Waals surface area contributed by atoms with E-state index in [1.54, 1.807) is 0 Å². The summed E-state index contributed by atoms with van der Waals surface area (Å²) in [7, 11) is 0. The molecule has 0 amide bonds. The zero-order valence-electron chi connectivity index (χ0n) is 3.92. The van der Waals surface area contributed by atoms with Crippen LogP contribution in [0, 0.1) is 0 Å². The second kappa shape index (κ2) is 19.0. The van der Waals surface area contributed by atoms with Crippen LogP contribution in [-0.2, 0) is 0 Å². The Labute approximate surface area is 48.5 Å². The number of nitrogens with zero attached hydrogens (tertiary/aromatic N) is 3. The van der Waals surface area contributed by atoms with Crippen molar-refractivity contribution in [2.24, 2.45) is 0 Å². The van der Waals surface area contributed by atoms with Crippen molar-refractivity contribution in [3.8, 4) is 0 Å². The normalized spacial score (nSPS) is 3.00. The molecule has 0 aliphatic carbocycles. The van der Waals surface area contributed by atoms with E-state index >= 15 is 0 Å². The summed E-state index contributed by atoms with van der Waals surface area (Å²) in [6, 6.07) is 0. The summed E-state index contributed by atoms with van der Waals surface area (Å²) in [6.45, 7) is 0. The molecule has 3 nitrogen and oxygen atoms in total. The predicted molar refractivity (Wildman–Crippen MR) is 27.6 cm³/mol. The van der Waals surface area contributed by atoms with E-state index in [1.807, 2.05) is 0 Å². The van der Waals surface area contributed by atoms with Crippen LogP contribution in [0.4, 0.5) is 0 Å². The van der Waals surface area contributed by atoms with E-state index in [4.69, 9.17) is 11.1 Å². The maximum atomic E-state index is 6.75. The van der Waals surface area contributed by atoms with E-state index in [0.29, 0.717) is 0 Å². The molecule has 0 spiro atoms. The smallest absolute Gasteiger partial charge is 0.255 e. The van der Waals surface area contributed by atoms with Gasteiger partial charge in [0.15, 0.2) is 0 Å². The summed E-state index contributed by atoms with van der Waals surface area (Å²) in [5, 5.41) is 0. The SMILES string of the molecule is [CH3][In+][CH3].[N-]=[N+]=[N-]. The molecule has 4 heteroatoms. The summed E-state index contributed by atoms with van der Waals surface area (Å²) >= 11 is 0.110. The minimum atomic E-state index is 0.110. The summed E-state index contributed by atoms with van der Waals surface area (Å²) in [5.41, 5.74) is 13.5. The second-order valence-corrected chi connectivity index (χ2v) is 3.96. The van der Waals surface area contributed by atoms with Crippen LogP contribution in [-0.4, -0.2) is 22.9 Å². The van der Waals surface area contributed by atoms with Gasteiger partial charge in [0.1, 0.15) is 0 Å². The molecular formula is C2H6InN3. The van der Waals surface area contributed by atoms with E-state index in [0.717, 1.165) is 0 Å². The summed E-state index contributed by atoms with van der Waals surface area (Å²) in [6.07, 6.45) is 0. The zero-order valence-corrected chi connectivity index (χ0v) is 7.21. The molecule has 0 rings (SSSR count). The van der Waals surface area contributed by atoms with Gasteiger partial charge in [0, 0.05) is 0 Å². The van der Waals surface area contributed by atoms with Crippen LogP contribution in [0.2, 0.25) is 9.36 Å². The molecule has 0 saturated heterocycles. The molecule has 0 unspecified atom stereocenters. The van der Waals surface area contributed by atoms with Crippen LogP contribution in [0.1, 0.15) is 0 Å². The minimum Gasteiger partial charge on any atom is -0.373 e. The Hall–Kier alpha value is 0.180. The van der Waals surface area contributed by atoms with Gasteiger partial charge in [-0.15, -0.1) is 0 Å². The molecule has 0 aromatic heterocycles. The van der Waals surface area contributed by atoms with Crippen LogP contribution >= 0.6 is 0 Å². The van der Waals surface area contributed by atoms with Gasteiger partial charge in [-0.05, 0) is 0 Å². The number of rotatable bonds is 0. The van der Waals surface area contributed by atoms with Crippen molar-refractivity contribution in [2.45, 2.75) is 9.36 Å². The third-order valence-electron chi connectivity index (χ3n) is 0. The maximum Gasteiger partial charge on any atom is -0.255 e. The Balaban J connectivity index is 0. The van der Waals surface area contributed by atoms with Crippen LogP contribution < -0.4 is 0 Å². The van der Waals surface area contributed by atoms with Gasteiger partial charge in [-0.2, -0.15) is 0 Å². The minimum absolute atomic E-state index is 0.110. The fourth-order valence-corrected chi connectivity index (χ4v) is 0. The van der Waals surface area contributed by atoms with Gasteiger partial charge in [-0.25, -0.2) is 0 Å². The largest absolute Gasteiger partial charge is 0.373 e. The molecular weight excluding hydrogens is 181 g/mol. The Bertz CT molecular complexity index is 38.1. The van der Waals surface area contributed by atoms with Gasteiger partial charge in [0.2, 0.25) is 0 Å². The van der Waals surface area contributed by atoms with Crippen LogP contribution in [0.25, 0.3) is 16.0 Å². The predicted octanol–water partition coefficient (Wildman–Crippen LogP) is 1.65. The first-order valence-electron chi connectivity index (χ1n) is 1.55. The maximum absolute atomic E-state index is 6.75. The topological polar surface area (TPSA) is 58.7 Å². The van der Waals surface area contributed by atoms with E-state index < -0.39 is 0 Å². The number of hydrogen-bond acceptors (Lipinski definition) is 0. The summed E-state index contributed by atoms with van der Waals surface area (Å²) < 4.78 is 4.63. The van der Waals surface area contributed by atoms with Crippen molar-refractivity contribution in [3.63, 3.8) is 0 Å².